The Bertz CT molecular complexity index is 1590. The molecule has 212 valence electrons. The third-order valence-corrected chi connectivity index (χ3v) is 8.20. The quantitative estimate of drug-likeness (QED) is 0.221. The molecule has 2 amide bonds. The van der Waals surface area contributed by atoms with E-state index in [2.05, 4.69) is 10.6 Å². The summed E-state index contributed by atoms with van der Waals surface area (Å²) in [6.45, 7) is 2.83. The van der Waals surface area contributed by atoms with Gasteiger partial charge in [-0.1, -0.05) is 72.3 Å². The van der Waals surface area contributed by atoms with E-state index in [9.17, 15) is 18.0 Å². The van der Waals surface area contributed by atoms with Crippen LogP contribution in [0.3, 0.4) is 0 Å². The summed E-state index contributed by atoms with van der Waals surface area (Å²) in [6.07, 6.45) is 0.650. The van der Waals surface area contributed by atoms with Crippen LogP contribution in [0.4, 0.5) is 11.4 Å². The van der Waals surface area contributed by atoms with Crippen molar-refractivity contribution in [1.82, 2.24) is 5.32 Å². The van der Waals surface area contributed by atoms with Gasteiger partial charge >= 0.3 is 0 Å². The van der Waals surface area contributed by atoms with Crippen LogP contribution >= 0.6 is 0 Å². The predicted octanol–water partition coefficient (Wildman–Crippen LogP) is 5.41. The molecule has 0 saturated carbocycles. The number of methoxy groups -OCH3 is 1. The molecule has 0 fully saturated rings. The van der Waals surface area contributed by atoms with Gasteiger partial charge in [-0.25, -0.2) is 8.42 Å². The molecular weight excluding hydrogens is 538 g/mol. The molecule has 41 heavy (non-hydrogen) atoms. The molecular formula is C32H33N3O5S. The second-order valence-electron chi connectivity index (χ2n) is 9.43. The summed E-state index contributed by atoms with van der Waals surface area (Å²) in [6, 6.07) is 29.0. The number of nitrogens with zero attached hydrogens (tertiary/aromatic N) is 1. The van der Waals surface area contributed by atoms with Gasteiger partial charge in [0, 0.05) is 20.3 Å². The van der Waals surface area contributed by atoms with Crippen molar-refractivity contribution in [1.29, 1.82) is 0 Å². The highest BCUT2D eigenvalue weighted by molar-refractivity contribution is 7.92. The van der Waals surface area contributed by atoms with E-state index in [0.717, 1.165) is 11.1 Å². The number of sulfonamides is 1. The fraction of sp³-hybridized carbons (Fsp3) is 0.188. The van der Waals surface area contributed by atoms with Crippen molar-refractivity contribution in [2.45, 2.75) is 24.8 Å². The maximum Gasteiger partial charge on any atom is 0.264 e. The molecule has 0 bridgehead atoms. The highest BCUT2D eigenvalue weighted by Crippen LogP contribution is 2.30. The van der Waals surface area contributed by atoms with E-state index < -0.39 is 15.9 Å². The lowest BCUT2D eigenvalue weighted by Gasteiger charge is -2.27. The molecule has 8 nitrogen and oxygen atoms in total. The number of ether oxygens (including phenoxy) is 1. The molecule has 0 unspecified atom stereocenters. The van der Waals surface area contributed by atoms with Gasteiger partial charge in [0.15, 0.2) is 0 Å². The number of hydrogen-bond donors (Lipinski definition) is 2. The minimum absolute atomic E-state index is 0.0157. The minimum atomic E-state index is -4.06. The second-order valence-corrected chi connectivity index (χ2v) is 11.3. The lowest BCUT2D eigenvalue weighted by atomic mass is 10.1. The van der Waals surface area contributed by atoms with Crippen LogP contribution in [-0.2, 0) is 21.3 Å². The number of carbonyl (C=O) groups excluding carboxylic acids is 2. The molecule has 0 aromatic heterocycles. The van der Waals surface area contributed by atoms with Crippen LogP contribution in [0.2, 0.25) is 0 Å². The van der Waals surface area contributed by atoms with Crippen LogP contribution in [0.1, 0.15) is 38.3 Å². The molecule has 4 aromatic rings. The van der Waals surface area contributed by atoms with Crippen molar-refractivity contribution in [2.24, 2.45) is 0 Å². The first kappa shape index (κ1) is 29.5. The average molecular weight is 572 g/mol. The lowest BCUT2D eigenvalue weighted by molar-refractivity contribution is 0.0949. The minimum Gasteiger partial charge on any atom is -0.385 e. The van der Waals surface area contributed by atoms with E-state index in [1.165, 1.54) is 4.31 Å². The number of benzene rings is 4. The van der Waals surface area contributed by atoms with Gasteiger partial charge in [0.1, 0.15) is 0 Å². The van der Waals surface area contributed by atoms with E-state index in [4.69, 9.17) is 4.74 Å². The Balaban J connectivity index is 1.69. The zero-order chi connectivity index (χ0) is 29.2. The van der Waals surface area contributed by atoms with Gasteiger partial charge in [0.05, 0.1) is 33.9 Å². The van der Waals surface area contributed by atoms with Crippen molar-refractivity contribution in [2.75, 3.05) is 29.9 Å². The number of anilines is 2. The fourth-order valence-corrected chi connectivity index (χ4v) is 5.73. The Morgan fingerprint density at radius 1 is 0.780 bits per heavy atom. The third kappa shape index (κ3) is 7.39. The average Bonchev–Trinajstić information content (AvgIpc) is 2.99. The van der Waals surface area contributed by atoms with Crippen molar-refractivity contribution >= 4 is 33.2 Å². The summed E-state index contributed by atoms with van der Waals surface area (Å²) in [7, 11) is -2.46. The number of rotatable bonds is 12. The first-order chi connectivity index (χ1) is 19.8. The first-order valence-electron chi connectivity index (χ1n) is 13.2. The second kappa shape index (κ2) is 13.7. The fourth-order valence-electron chi connectivity index (χ4n) is 4.26. The predicted molar refractivity (Wildman–Crippen MR) is 161 cm³/mol. The van der Waals surface area contributed by atoms with Crippen molar-refractivity contribution < 1.29 is 22.7 Å². The van der Waals surface area contributed by atoms with Gasteiger partial charge in [-0.05, 0) is 55.3 Å². The highest BCUT2D eigenvalue weighted by atomic mass is 32.2. The van der Waals surface area contributed by atoms with Gasteiger partial charge in [0.2, 0.25) is 0 Å². The zero-order valence-electron chi connectivity index (χ0n) is 23.0. The summed E-state index contributed by atoms with van der Waals surface area (Å²) in [5.41, 5.74) is 2.66. The summed E-state index contributed by atoms with van der Waals surface area (Å²) >= 11 is 0. The summed E-state index contributed by atoms with van der Waals surface area (Å²) in [5.74, 6) is -0.879. The van der Waals surface area contributed by atoms with Crippen molar-refractivity contribution in [3.8, 4) is 0 Å². The smallest absolute Gasteiger partial charge is 0.264 e. The monoisotopic (exact) mass is 571 g/mol. The van der Waals surface area contributed by atoms with E-state index in [-0.39, 0.29) is 28.6 Å². The number of hydrogen-bond acceptors (Lipinski definition) is 5. The topological polar surface area (TPSA) is 105 Å². The molecule has 4 aromatic carbocycles. The SMILES string of the molecule is COCCCNC(=O)c1ccccc1NC(=O)c1ccccc1N(Cc1ccccc1)S(=O)(=O)c1ccc(C)cc1. The van der Waals surface area contributed by atoms with Gasteiger partial charge in [0.25, 0.3) is 21.8 Å². The van der Waals surface area contributed by atoms with Crippen LogP contribution in [-0.4, -0.2) is 40.5 Å². The van der Waals surface area contributed by atoms with Crippen LogP contribution in [0.5, 0.6) is 0 Å². The molecule has 2 N–H and O–H groups in total. The Kier molecular flexibility index (Phi) is 9.89. The third-order valence-electron chi connectivity index (χ3n) is 6.43. The van der Waals surface area contributed by atoms with E-state index in [1.807, 2.05) is 37.3 Å². The number of para-hydroxylation sites is 2. The summed E-state index contributed by atoms with van der Waals surface area (Å²) < 4.78 is 34.3. The molecule has 0 aliphatic carbocycles. The van der Waals surface area contributed by atoms with Gasteiger partial charge in [-0.2, -0.15) is 0 Å². The van der Waals surface area contributed by atoms with Gasteiger partial charge in [-0.3, -0.25) is 13.9 Å². The standard InChI is InChI=1S/C32H33N3O5S/c1-24-17-19-26(20-18-24)41(38,39)35(23-25-11-4-3-5-12-25)30-16-9-7-14-28(30)32(37)34-29-15-8-6-13-27(29)31(36)33-21-10-22-40-2/h3-9,11-20H,10,21-23H2,1-2H3,(H,33,36)(H,34,37). The van der Waals surface area contributed by atoms with E-state index >= 15 is 0 Å². The van der Waals surface area contributed by atoms with E-state index in [0.29, 0.717) is 30.8 Å². The van der Waals surface area contributed by atoms with Crippen molar-refractivity contribution in [3.05, 3.63) is 125 Å². The summed E-state index contributed by atoms with van der Waals surface area (Å²) in [4.78, 5) is 26.7. The number of carbonyl (C=O) groups is 2. The zero-order valence-corrected chi connectivity index (χ0v) is 23.9. The molecule has 0 saturated heterocycles. The Labute approximate surface area is 241 Å². The maximum atomic E-state index is 14.0. The number of amides is 2. The molecule has 0 aliphatic rings. The first-order valence-corrected chi connectivity index (χ1v) is 14.6. The van der Waals surface area contributed by atoms with Crippen LogP contribution in [0, 0.1) is 6.92 Å². The molecule has 0 atom stereocenters. The molecule has 0 heterocycles. The van der Waals surface area contributed by atoms with Gasteiger partial charge < -0.3 is 15.4 Å². The maximum absolute atomic E-state index is 14.0. The number of aryl methyl sites for hydroxylation is 1. The van der Waals surface area contributed by atoms with Crippen molar-refractivity contribution in [3.63, 3.8) is 0 Å². The molecule has 9 heteroatoms. The molecule has 4 rings (SSSR count). The Hall–Kier alpha value is -4.47. The van der Waals surface area contributed by atoms with Crippen LogP contribution in [0.15, 0.2) is 108 Å². The molecule has 0 aliphatic heterocycles. The molecule has 0 radical (unpaired) electrons. The summed E-state index contributed by atoms with van der Waals surface area (Å²) in [5, 5.41) is 5.65. The Morgan fingerprint density at radius 2 is 1.41 bits per heavy atom. The largest absolute Gasteiger partial charge is 0.385 e. The lowest BCUT2D eigenvalue weighted by Crippen LogP contribution is -2.32. The Morgan fingerprint density at radius 3 is 2.12 bits per heavy atom. The van der Waals surface area contributed by atoms with Gasteiger partial charge in [-0.15, -0.1) is 0 Å². The van der Waals surface area contributed by atoms with Crippen LogP contribution < -0.4 is 14.9 Å². The van der Waals surface area contributed by atoms with Crippen LogP contribution in [0.25, 0.3) is 0 Å². The number of nitrogens with one attached hydrogen (secondary N) is 2. The molecule has 0 spiro atoms. The normalized spacial score (nSPS) is 11.1. The highest BCUT2D eigenvalue weighted by Gasteiger charge is 2.29. The van der Waals surface area contributed by atoms with E-state index in [1.54, 1.807) is 79.9 Å².